The van der Waals surface area contributed by atoms with E-state index in [1.54, 1.807) is 20.4 Å². The van der Waals surface area contributed by atoms with Gasteiger partial charge in [-0.05, 0) is 51.7 Å². The van der Waals surface area contributed by atoms with Crippen LogP contribution >= 0.6 is 15.9 Å². The van der Waals surface area contributed by atoms with E-state index < -0.39 is 0 Å². The molecule has 0 aliphatic rings. The highest BCUT2D eigenvalue weighted by molar-refractivity contribution is 9.10. The van der Waals surface area contributed by atoms with E-state index in [-0.39, 0.29) is 6.04 Å². The van der Waals surface area contributed by atoms with Gasteiger partial charge in [-0.2, -0.15) is 0 Å². The second-order valence-corrected chi connectivity index (χ2v) is 5.40. The van der Waals surface area contributed by atoms with E-state index in [2.05, 4.69) is 27.8 Å². The molecule has 1 heterocycles. The van der Waals surface area contributed by atoms with Crippen molar-refractivity contribution in [2.45, 2.75) is 19.4 Å². The van der Waals surface area contributed by atoms with Gasteiger partial charge in [0, 0.05) is 18.0 Å². The maximum Gasteiger partial charge on any atom is 0.141 e. The van der Waals surface area contributed by atoms with Crippen LogP contribution in [-0.2, 0) is 6.42 Å². The molecule has 1 aromatic carbocycles. The van der Waals surface area contributed by atoms with Crippen molar-refractivity contribution in [3.8, 4) is 11.5 Å². The number of benzene rings is 1. The lowest BCUT2D eigenvalue weighted by atomic mass is 9.95. The van der Waals surface area contributed by atoms with E-state index in [1.165, 1.54) is 0 Å². The molecule has 2 N–H and O–H groups in total. The Morgan fingerprint density at radius 3 is 2.57 bits per heavy atom. The molecule has 0 amide bonds. The first-order valence-electron chi connectivity index (χ1n) is 6.72. The molecule has 2 aromatic rings. The standard InChI is InChI=1S/C16H19BrN2O2/c1-4-10-9-19-8-7-11(10)15(18)12-5-6-13(20-2)14(17)16(12)21-3/h5-9,15H,4,18H2,1-3H3. The third kappa shape index (κ3) is 3.04. The first kappa shape index (κ1) is 15.8. The highest BCUT2D eigenvalue weighted by atomic mass is 79.9. The van der Waals surface area contributed by atoms with Gasteiger partial charge in [0.1, 0.15) is 16.0 Å². The first-order valence-corrected chi connectivity index (χ1v) is 7.52. The molecule has 2 rings (SSSR count). The number of ether oxygens (including phenoxy) is 2. The van der Waals surface area contributed by atoms with Crippen LogP contribution < -0.4 is 15.2 Å². The lowest BCUT2D eigenvalue weighted by Crippen LogP contribution is -2.15. The van der Waals surface area contributed by atoms with Gasteiger partial charge in [-0.1, -0.05) is 6.92 Å². The summed E-state index contributed by atoms with van der Waals surface area (Å²) in [5, 5.41) is 0. The summed E-state index contributed by atoms with van der Waals surface area (Å²) in [6.07, 6.45) is 4.51. The average Bonchev–Trinajstić information content (AvgIpc) is 2.53. The van der Waals surface area contributed by atoms with Gasteiger partial charge in [-0.25, -0.2) is 0 Å². The Kier molecular flexibility index (Phi) is 5.20. The second kappa shape index (κ2) is 6.91. The van der Waals surface area contributed by atoms with Crippen molar-refractivity contribution in [2.24, 2.45) is 5.73 Å². The molecule has 0 aliphatic heterocycles. The fourth-order valence-electron chi connectivity index (χ4n) is 2.37. The van der Waals surface area contributed by atoms with Crippen molar-refractivity contribution in [3.05, 3.63) is 51.8 Å². The van der Waals surface area contributed by atoms with Crippen LogP contribution in [0.5, 0.6) is 11.5 Å². The smallest absolute Gasteiger partial charge is 0.141 e. The maximum absolute atomic E-state index is 6.46. The number of rotatable bonds is 5. The highest BCUT2D eigenvalue weighted by Gasteiger charge is 2.20. The van der Waals surface area contributed by atoms with Crippen LogP contribution in [0, 0.1) is 0 Å². The Hall–Kier alpha value is -1.59. The zero-order valence-corrected chi connectivity index (χ0v) is 14.0. The van der Waals surface area contributed by atoms with Crippen LogP contribution in [-0.4, -0.2) is 19.2 Å². The molecular weight excluding hydrogens is 332 g/mol. The molecule has 1 unspecified atom stereocenters. The summed E-state index contributed by atoms with van der Waals surface area (Å²) < 4.78 is 11.6. The van der Waals surface area contributed by atoms with Crippen molar-refractivity contribution < 1.29 is 9.47 Å². The SMILES string of the molecule is CCc1cnccc1C(N)c1ccc(OC)c(Br)c1OC. The van der Waals surface area contributed by atoms with Crippen LogP contribution in [0.1, 0.15) is 29.7 Å². The minimum absolute atomic E-state index is 0.278. The van der Waals surface area contributed by atoms with Crippen molar-refractivity contribution in [3.63, 3.8) is 0 Å². The van der Waals surface area contributed by atoms with E-state index in [0.29, 0.717) is 11.5 Å². The number of hydrogen-bond donors (Lipinski definition) is 1. The minimum Gasteiger partial charge on any atom is -0.495 e. The molecule has 0 aliphatic carbocycles. The number of methoxy groups -OCH3 is 2. The molecule has 5 heteroatoms. The zero-order chi connectivity index (χ0) is 15.4. The van der Waals surface area contributed by atoms with Crippen LogP contribution in [0.3, 0.4) is 0 Å². The summed E-state index contributed by atoms with van der Waals surface area (Å²) in [5.74, 6) is 1.41. The summed E-state index contributed by atoms with van der Waals surface area (Å²) in [6, 6.07) is 5.50. The molecule has 112 valence electrons. The second-order valence-electron chi connectivity index (χ2n) is 4.61. The van der Waals surface area contributed by atoms with Crippen LogP contribution in [0.4, 0.5) is 0 Å². The van der Waals surface area contributed by atoms with Gasteiger partial charge in [0.2, 0.25) is 0 Å². The third-order valence-corrected chi connectivity index (χ3v) is 4.26. The van der Waals surface area contributed by atoms with Gasteiger partial charge in [0.05, 0.1) is 20.3 Å². The van der Waals surface area contributed by atoms with E-state index >= 15 is 0 Å². The van der Waals surface area contributed by atoms with Gasteiger partial charge in [-0.15, -0.1) is 0 Å². The number of aromatic nitrogens is 1. The summed E-state index contributed by atoms with van der Waals surface area (Å²) in [4.78, 5) is 4.16. The number of pyridine rings is 1. The van der Waals surface area contributed by atoms with E-state index in [4.69, 9.17) is 15.2 Å². The number of halogens is 1. The molecule has 0 spiro atoms. The molecule has 0 bridgehead atoms. The molecule has 1 atom stereocenters. The first-order chi connectivity index (χ1) is 10.1. The van der Waals surface area contributed by atoms with Crippen molar-refractivity contribution in [1.82, 2.24) is 4.98 Å². The predicted molar refractivity (Wildman–Crippen MR) is 86.9 cm³/mol. The fourth-order valence-corrected chi connectivity index (χ4v) is 3.05. The lowest BCUT2D eigenvalue weighted by molar-refractivity contribution is 0.385. The van der Waals surface area contributed by atoms with Gasteiger partial charge in [0.15, 0.2) is 0 Å². The van der Waals surface area contributed by atoms with Gasteiger partial charge < -0.3 is 15.2 Å². The largest absolute Gasteiger partial charge is 0.495 e. The molecule has 0 saturated heterocycles. The summed E-state index contributed by atoms with van der Waals surface area (Å²) in [5.41, 5.74) is 9.56. The quantitative estimate of drug-likeness (QED) is 0.896. The predicted octanol–water partition coefficient (Wildman–Crippen LogP) is 3.47. The Labute approximate surface area is 133 Å². The van der Waals surface area contributed by atoms with Crippen LogP contribution in [0.15, 0.2) is 35.1 Å². The Morgan fingerprint density at radius 2 is 1.95 bits per heavy atom. The fraction of sp³-hybridized carbons (Fsp3) is 0.312. The Morgan fingerprint density at radius 1 is 1.19 bits per heavy atom. The lowest BCUT2D eigenvalue weighted by Gasteiger charge is -2.20. The van der Waals surface area contributed by atoms with Crippen molar-refractivity contribution in [2.75, 3.05) is 14.2 Å². The summed E-state index contributed by atoms with van der Waals surface area (Å²) in [7, 11) is 3.25. The maximum atomic E-state index is 6.46. The topological polar surface area (TPSA) is 57.4 Å². The summed E-state index contributed by atoms with van der Waals surface area (Å²) >= 11 is 3.51. The molecule has 0 radical (unpaired) electrons. The third-order valence-electron chi connectivity index (χ3n) is 3.51. The van der Waals surface area contributed by atoms with Crippen LogP contribution in [0.2, 0.25) is 0 Å². The molecular formula is C16H19BrN2O2. The molecule has 0 fully saturated rings. The van der Waals surface area contributed by atoms with Gasteiger partial charge in [0.25, 0.3) is 0 Å². The van der Waals surface area contributed by atoms with Crippen molar-refractivity contribution >= 4 is 15.9 Å². The summed E-state index contributed by atoms with van der Waals surface area (Å²) in [6.45, 7) is 2.09. The monoisotopic (exact) mass is 350 g/mol. The molecule has 21 heavy (non-hydrogen) atoms. The Balaban J connectivity index is 2.53. The van der Waals surface area contributed by atoms with Gasteiger partial charge >= 0.3 is 0 Å². The zero-order valence-electron chi connectivity index (χ0n) is 12.4. The molecule has 0 saturated carbocycles. The number of aryl methyl sites for hydroxylation is 1. The molecule has 1 aromatic heterocycles. The molecule has 4 nitrogen and oxygen atoms in total. The normalized spacial score (nSPS) is 12.0. The Bertz CT molecular complexity index is 632. The highest BCUT2D eigenvalue weighted by Crippen LogP contribution is 2.40. The van der Waals surface area contributed by atoms with E-state index in [9.17, 15) is 0 Å². The van der Waals surface area contributed by atoms with E-state index in [0.717, 1.165) is 27.6 Å². The van der Waals surface area contributed by atoms with Crippen molar-refractivity contribution in [1.29, 1.82) is 0 Å². The number of nitrogens with zero attached hydrogens (tertiary/aromatic N) is 1. The van der Waals surface area contributed by atoms with Gasteiger partial charge in [-0.3, -0.25) is 4.98 Å². The number of nitrogens with two attached hydrogens (primary N) is 1. The number of hydrogen-bond acceptors (Lipinski definition) is 4. The minimum atomic E-state index is -0.278. The van der Waals surface area contributed by atoms with E-state index in [1.807, 2.05) is 24.4 Å². The van der Waals surface area contributed by atoms with Crippen LogP contribution in [0.25, 0.3) is 0 Å². The average molecular weight is 351 g/mol.